The molecule has 1 fully saturated rings. The first-order chi connectivity index (χ1) is 20.9. The molecule has 1 aliphatic heterocycles. The highest BCUT2D eigenvalue weighted by molar-refractivity contribution is 5.75. The topological polar surface area (TPSA) is 85.2 Å². The minimum absolute atomic E-state index is 0.0523. The number of ether oxygens (including phenoxy) is 3. The molecule has 3 aromatic carbocycles. The molecule has 1 saturated carbocycles. The van der Waals surface area contributed by atoms with Gasteiger partial charge in [0.2, 0.25) is 5.92 Å². The fourth-order valence-electron chi connectivity index (χ4n) is 6.51. The normalized spacial score (nSPS) is 21.7. The summed E-state index contributed by atoms with van der Waals surface area (Å²) < 4.78 is 87.0. The van der Waals surface area contributed by atoms with Crippen molar-refractivity contribution in [2.24, 2.45) is 5.92 Å². The second-order valence-electron chi connectivity index (χ2n) is 11.7. The molecule has 3 aliphatic rings. The van der Waals surface area contributed by atoms with Gasteiger partial charge in [-0.05, 0) is 72.2 Å². The highest BCUT2D eigenvalue weighted by Crippen LogP contribution is 2.47. The van der Waals surface area contributed by atoms with E-state index in [4.69, 9.17) is 19.3 Å². The zero-order chi connectivity index (χ0) is 31.2. The van der Waals surface area contributed by atoms with E-state index in [9.17, 15) is 31.9 Å². The number of halogens is 5. The predicted octanol–water partition coefficient (Wildman–Crippen LogP) is 7.91. The number of hydrogen-bond acceptors (Lipinski definition) is 5. The van der Waals surface area contributed by atoms with Crippen LogP contribution in [0.3, 0.4) is 0 Å². The average molecular weight is 619 g/mol. The van der Waals surface area contributed by atoms with Crippen molar-refractivity contribution in [2.45, 2.75) is 75.4 Å². The molecular weight excluding hydrogens is 587 g/mol. The molecule has 0 amide bonds. The summed E-state index contributed by atoms with van der Waals surface area (Å²) >= 11 is 0. The van der Waals surface area contributed by atoms with Crippen molar-refractivity contribution in [2.75, 3.05) is 6.61 Å². The van der Waals surface area contributed by atoms with Crippen LogP contribution in [0.15, 0.2) is 54.6 Å². The highest BCUT2D eigenvalue weighted by atomic mass is 19.4. The molecule has 11 heteroatoms. The average Bonchev–Trinajstić information content (AvgIpc) is 3.55. The van der Waals surface area contributed by atoms with Gasteiger partial charge in [0, 0.05) is 36.3 Å². The molecule has 2 aliphatic carbocycles. The summed E-state index contributed by atoms with van der Waals surface area (Å²) in [6, 6.07) is 13.6. The van der Waals surface area contributed by atoms with Crippen molar-refractivity contribution in [1.29, 1.82) is 0 Å². The third kappa shape index (κ3) is 6.20. The molecule has 0 aromatic heterocycles. The largest absolute Gasteiger partial charge is 0.492 e. The van der Waals surface area contributed by atoms with E-state index in [0.717, 1.165) is 11.6 Å². The Morgan fingerprint density at radius 2 is 1.66 bits per heavy atom. The minimum Gasteiger partial charge on any atom is -0.492 e. The number of carboxylic acids is 1. The van der Waals surface area contributed by atoms with Crippen molar-refractivity contribution in [3.05, 3.63) is 76.9 Å². The monoisotopic (exact) mass is 618 g/mol. The Hall–Kier alpha value is -3.86. The van der Waals surface area contributed by atoms with Crippen LogP contribution in [-0.4, -0.2) is 35.0 Å². The number of carboxylic acid groups (broad SMARTS) is 1. The van der Waals surface area contributed by atoms with Crippen LogP contribution in [-0.2, 0) is 17.4 Å². The molecule has 44 heavy (non-hydrogen) atoms. The fourth-order valence-corrected chi connectivity index (χ4v) is 6.51. The highest BCUT2D eigenvalue weighted by Gasteiger charge is 2.39. The number of aliphatic carboxylic acids is 1. The summed E-state index contributed by atoms with van der Waals surface area (Å²) in [4.78, 5) is 11.1. The third-order valence-corrected chi connectivity index (χ3v) is 8.79. The van der Waals surface area contributed by atoms with E-state index in [2.05, 4.69) is 0 Å². The molecule has 3 aromatic rings. The SMILES string of the molecule is O=C(O)CC1COc2cc(O[C@@H]3CCc4c3ccc(C(F)(F)F)c4-c3ccc(OC(O)C4CCC(F)(F)CC4)cc3)ccc21. The molecule has 234 valence electrons. The fraction of sp³-hybridized carbons (Fsp3) is 0.424. The maximum Gasteiger partial charge on any atom is 0.417 e. The van der Waals surface area contributed by atoms with Crippen LogP contribution in [0.2, 0.25) is 0 Å². The first-order valence-corrected chi connectivity index (χ1v) is 14.6. The first-order valence-electron chi connectivity index (χ1n) is 14.6. The molecular formula is C33H31F5O6. The van der Waals surface area contributed by atoms with Gasteiger partial charge >= 0.3 is 12.1 Å². The zero-order valence-electron chi connectivity index (χ0n) is 23.6. The van der Waals surface area contributed by atoms with Crippen LogP contribution in [0.25, 0.3) is 11.1 Å². The summed E-state index contributed by atoms with van der Waals surface area (Å²) in [6.07, 6.45) is -6.07. The van der Waals surface area contributed by atoms with Gasteiger partial charge in [-0.15, -0.1) is 0 Å². The number of hydrogen-bond donors (Lipinski definition) is 2. The van der Waals surface area contributed by atoms with E-state index >= 15 is 0 Å². The molecule has 0 radical (unpaired) electrons. The van der Waals surface area contributed by atoms with E-state index < -0.39 is 41.9 Å². The van der Waals surface area contributed by atoms with Crippen molar-refractivity contribution >= 4 is 5.97 Å². The lowest BCUT2D eigenvalue weighted by Crippen LogP contribution is -2.34. The lowest BCUT2D eigenvalue weighted by atomic mass is 9.86. The second-order valence-corrected chi connectivity index (χ2v) is 11.7. The van der Waals surface area contributed by atoms with Crippen LogP contribution < -0.4 is 14.2 Å². The maximum absolute atomic E-state index is 14.2. The van der Waals surface area contributed by atoms with Gasteiger partial charge in [0.15, 0.2) is 6.29 Å². The standard InChI is InChI=1S/C33H31F5O6/c34-32(35)13-11-19(12-14-32)31(41)44-21-3-1-18(2-4-21)30-25-8-10-27(24(25)7-9-26(30)33(36,37)38)43-22-5-6-23-20(15-29(39)40)17-42-28(23)16-22/h1-7,9,16,19-20,27,31,41H,8,10-15,17H2,(H,39,40)/t20?,27-,31?/m1/s1. The van der Waals surface area contributed by atoms with Gasteiger partial charge in [0.1, 0.15) is 23.4 Å². The Balaban J connectivity index is 1.22. The maximum atomic E-state index is 14.2. The van der Waals surface area contributed by atoms with E-state index in [1.165, 1.54) is 30.3 Å². The smallest absolute Gasteiger partial charge is 0.417 e. The first kappa shape index (κ1) is 30.2. The van der Waals surface area contributed by atoms with Gasteiger partial charge in [-0.25, -0.2) is 8.78 Å². The molecule has 0 saturated heterocycles. The van der Waals surface area contributed by atoms with Crippen LogP contribution >= 0.6 is 0 Å². The Kier molecular flexibility index (Phi) is 7.94. The summed E-state index contributed by atoms with van der Waals surface area (Å²) in [5.41, 5.74) is 1.55. The Labute approximate surface area is 250 Å². The lowest BCUT2D eigenvalue weighted by molar-refractivity contribution is -0.138. The van der Waals surface area contributed by atoms with E-state index in [-0.39, 0.29) is 55.9 Å². The number of fused-ring (bicyclic) bond motifs is 2. The Bertz CT molecular complexity index is 1530. The van der Waals surface area contributed by atoms with Crippen molar-refractivity contribution in [1.82, 2.24) is 0 Å². The molecule has 6 nitrogen and oxygen atoms in total. The van der Waals surface area contributed by atoms with Crippen LogP contribution in [0.1, 0.15) is 72.8 Å². The number of alkyl halides is 5. The van der Waals surface area contributed by atoms with Gasteiger partial charge in [-0.3, -0.25) is 4.79 Å². The van der Waals surface area contributed by atoms with Gasteiger partial charge in [-0.2, -0.15) is 13.2 Å². The van der Waals surface area contributed by atoms with E-state index in [0.29, 0.717) is 41.0 Å². The van der Waals surface area contributed by atoms with Gasteiger partial charge in [0.05, 0.1) is 18.6 Å². The number of aliphatic hydroxyl groups is 1. The Morgan fingerprint density at radius 3 is 2.34 bits per heavy atom. The predicted molar refractivity (Wildman–Crippen MR) is 149 cm³/mol. The second kappa shape index (κ2) is 11.6. The molecule has 0 spiro atoms. The Morgan fingerprint density at radius 1 is 0.977 bits per heavy atom. The van der Waals surface area contributed by atoms with Gasteiger partial charge < -0.3 is 24.4 Å². The molecule has 3 atom stereocenters. The van der Waals surface area contributed by atoms with Crippen LogP contribution in [0.5, 0.6) is 17.2 Å². The molecule has 0 bridgehead atoms. The number of carbonyl (C=O) groups is 1. The van der Waals surface area contributed by atoms with Crippen molar-refractivity contribution in [3.63, 3.8) is 0 Å². The van der Waals surface area contributed by atoms with Crippen molar-refractivity contribution in [3.8, 4) is 28.4 Å². The summed E-state index contributed by atoms with van der Waals surface area (Å²) in [7, 11) is 0. The minimum atomic E-state index is -4.61. The molecule has 6 rings (SSSR count). The molecule has 1 heterocycles. The van der Waals surface area contributed by atoms with E-state index in [1.54, 1.807) is 18.2 Å². The summed E-state index contributed by atoms with van der Waals surface area (Å²) in [5.74, 6) is -3.13. The van der Waals surface area contributed by atoms with Gasteiger partial charge in [0.25, 0.3) is 0 Å². The number of benzene rings is 3. The van der Waals surface area contributed by atoms with Crippen LogP contribution in [0.4, 0.5) is 22.0 Å². The van der Waals surface area contributed by atoms with Crippen molar-refractivity contribution < 1.29 is 51.2 Å². The lowest BCUT2D eigenvalue weighted by Gasteiger charge is -2.31. The van der Waals surface area contributed by atoms with E-state index in [1.807, 2.05) is 0 Å². The molecule has 2 N–H and O–H groups in total. The third-order valence-electron chi connectivity index (χ3n) is 8.79. The number of rotatable bonds is 8. The quantitative estimate of drug-likeness (QED) is 0.197. The van der Waals surface area contributed by atoms with Gasteiger partial charge in [-0.1, -0.05) is 24.3 Å². The zero-order valence-corrected chi connectivity index (χ0v) is 23.6. The number of aliphatic hydroxyl groups excluding tert-OH is 1. The summed E-state index contributed by atoms with van der Waals surface area (Å²) in [6.45, 7) is 0.253. The molecule has 2 unspecified atom stereocenters. The summed E-state index contributed by atoms with van der Waals surface area (Å²) in [5, 5.41) is 19.6. The van der Waals surface area contributed by atoms with Crippen LogP contribution in [0, 0.1) is 5.92 Å².